The van der Waals surface area contributed by atoms with Crippen LogP contribution in [-0.2, 0) is 0 Å². The number of aryl methyl sites for hydroxylation is 2. The third-order valence-electron chi connectivity index (χ3n) is 3.22. The lowest BCUT2D eigenvalue weighted by Crippen LogP contribution is -2.10. The number of hydrazine groups is 1. The summed E-state index contributed by atoms with van der Waals surface area (Å²) in [6.45, 7) is 6.17. The van der Waals surface area contributed by atoms with Crippen LogP contribution in [0.5, 0.6) is 0 Å². The zero-order valence-electron chi connectivity index (χ0n) is 12.1. The minimum atomic E-state index is -0.434. The van der Waals surface area contributed by atoms with Crippen LogP contribution in [0.1, 0.15) is 28.3 Å². The fourth-order valence-electron chi connectivity index (χ4n) is 2.29. The van der Waals surface area contributed by atoms with E-state index in [1.165, 1.54) is 27.5 Å². The Labute approximate surface area is 127 Å². The number of nitro groups is 1. The molecule has 21 heavy (non-hydrogen) atoms. The highest BCUT2D eigenvalue weighted by Crippen LogP contribution is 2.31. The molecule has 2 aromatic rings. The van der Waals surface area contributed by atoms with Crippen molar-refractivity contribution in [3.8, 4) is 0 Å². The lowest BCUT2D eigenvalue weighted by Gasteiger charge is -2.16. The van der Waals surface area contributed by atoms with E-state index in [9.17, 15) is 10.1 Å². The predicted octanol–water partition coefficient (Wildman–Crippen LogP) is 3.73. The minimum absolute atomic E-state index is 0.00151. The number of nitrogens with zero attached hydrogens (tertiary/aromatic N) is 1. The van der Waals surface area contributed by atoms with Crippen molar-refractivity contribution in [3.63, 3.8) is 0 Å². The van der Waals surface area contributed by atoms with Crippen molar-refractivity contribution in [2.75, 3.05) is 10.7 Å². The molecule has 0 amide bonds. The SMILES string of the molecule is Cc1cc(C(C)Nc2cc(NN)cc([N+](=O)[O-])c2)c(C)s1. The molecule has 0 bridgehead atoms. The Morgan fingerprint density at radius 3 is 2.43 bits per heavy atom. The first-order valence-corrected chi connectivity index (χ1v) is 7.32. The van der Waals surface area contributed by atoms with Crippen molar-refractivity contribution >= 4 is 28.4 Å². The summed E-state index contributed by atoms with van der Waals surface area (Å²) in [6, 6.07) is 6.85. The molecule has 1 atom stereocenters. The Morgan fingerprint density at radius 1 is 1.24 bits per heavy atom. The summed E-state index contributed by atoms with van der Waals surface area (Å²) in [4.78, 5) is 13.0. The molecular weight excluding hydrogens is 288 g/mol. The molecule has 0 radical (unpaired) electrons. The summed E-state index contributed by atoms with van der Waals surface area (Å²) in [5.74, 6) is 5.36. The van der Waals surface area contributed by atoms with Crippen LogP contribution in [-0.4, -0.2) is 4.92 Å². The van der Waals surface area contributed by atoms with E-state index in [2.05, 4.69) is 30.7 Å². The molecule has 4 N–H and O–H groups in total. The van der Waals surface area contributed by atoms with Crippen LogP contribution < -0.4 is 16.6 Å². The Bertz CT molecular complexity index is 669. The number of nitrogens with one attached hydrogen (secondary N) is 2. The van der Waals surface area contributed by atoms with Gasteiger partial charge in [-0.1, -0.05) is 0 Å². The van der Waals surface area contributed by atoms with Crippen LogP contribution in [0.2, 0.25) is 0 Å². The van der Waals surface area contributed by atoms with Gasteiger partial charge in [-0.15, -0.1) is 11.3 Å². The number of hydrogen-bond acceptors (Lipinski definition) is 6. The number of nitrogens with two attached hydrogens (primary N) is 1. The molecule has 1 aromatic carbocycles. The van der Waals surface area contributed by atoms with Gasteiger partial charge >= 0.3 is 0 Å². The van der Waals surface area contributed by atoms with Crippen molar-refractivity contribution in [1.29, 1.82) is 0 Å². The fourth-order valence-corrected chi connectivity index (χ4v) is 3.31. The second-order valence-electron chi connectivity index (χ2n) is 4.90. The molecular formula is C14H18N4O2S. The average Bonchev–Trinajstić information content (AvgIpc) is 2.77. The van der Waals surface area contributed by atoms with Crippen molar-refractivity contribution in [2.24, 2.45) is 5.84 Å². The van der Waals surface area contributed by atoms with E-state index < -0.39 is 4.92 Å². The third-order valence-corrected chi connectivity index (χ3v) is 4.21. The van der Waals surface area contributed by atoms with Gasteiger partial charge in [0, 0.05) is 33.6 Å². The van der Waals surface area contributed by atoms with Gasteiger partial charge in [0.25, 0.3) is 5.69 Å². The van der Waals surface area contributed by atoms with Gasteiger partial charge in [0.05, 0.1) is 10.6 Å². The number of benzene rings is 1. The van der Waals surface area contributed by atoms with E-state index in [1.807, 2.05) is 6.92 Å². The molecule has 0 aliphatic heterocycles. The van der Waals surface area contributed by atoms with Gasteiger partial charge in [0.1, 0.15) is 0 Å². The number of anilines is 2. The zero-order chi connectivity index (χ0) is 15.6. The number of nitrogen functional groups attached to an aromatic ring is 1. The number of rotatable bonds is 5. The number of thiophene rings is 1. The predicted molar refractivity (Wildman–Crippen MR) is 86.7 cm³/mol. The molecule has 0 spiro atoms. The second kappa shape index (κ2) is 6.11. The monoisotopic (exact) mass is 306 g/mol. The normalized spacial score (nSPS) is 12.0. The van der Waals surface area contributed by atoms with E-state index in [4.69, 9.17) is 5.84 Å². The van der Waals surface area contributed by atoms with Crippen molar-refractivity contribution < 1.29 is 4.92 Å². The van der Waals surface area contributed by atoms with Gasteiger partial charge in [-0.05, 0) is 38.5 Å². The highest BCUT2D eigenvalue weighted by atomic mass is 32.1. The first-order chi connectivity index (χ1) is 9.90. The highest BCUT2D eigenvalue weighted by molar-refractivity contribution is 7.12. The summed E-state index contributed by atoms with van der Waals surface area (Å²) in [6.07, 6.45) is 0. The maximum Gasteiger partial charge on any atom is 0.273 e. The fraction of sp³-hybridized carbons (Fsp3) is 0.286. The molecule has 6 nitrogen and oxygen atoms in total. The Kier molecular flexibility index (Phi) is 4.44. The van der Waals surface area contributed by atoms with Gasteiger partial charge in [0.15, 0.2) is 0 Å². The summed E-state index contributed by atoms with van der Waals surface area (Å²) >= 11 is 1.74. The number of non-ortho nitro benzene ring substituents is 1. The smallest absolute Gasteiger partial charge is 0.273 e. The quantitative estimate of drug-likeness (QED) is 0.444. The lowest BCUT2D eigenvalue weighted by atomic mass is 10.1. The molecule has 0 saturated heterocycles. The van der Waals surface area contributed by atoms with Gasteiger partial charge in [-0.2, -0.15) is 0 Å². The molecule has 0 aliphatic rings. The zero-order valence-corrected chi connectivity index (χ0v) is 13.0. The maximum atomic E-state index is 10.9. The maximum absolute atomic E-state index is 10.9. The average molecular weight is 306 g/mol. The first kappa shape index (κ1) is 15.3. The van der Waals surface area contributed by atoms with Crippen LogP contribution in [0.25, 0.3) is 0 Å². The molecule has 1 heterocycles. The van der Waals surface area contributed by atoms with E-state index >= 15 is 0 Å². The molecule has 0 saturated carbocycles. The van der Waals surface area contributed by atoms with Crippen molar-refractivity contribution in [3.05, 3.63) is 49.7 Å². The molecule has 7 heteroatoms. The molecule has 1 aromatic heterocycles. The molecule has 0 aliphatic carbocycles. The Balaban J connectivity index is 2.28. The van der Waals surface area contributed by atoms with Crippen molar-refractivity contribution in [1.82, 2.24) is 0 Å². The number of hydrogen-bond donors (Lipinski definition) is 3. The lowest BCUT2D eigenvalue weighted by molar-refractivity contribution is -0.384. The largest absolute Gasteiger partial charge is 0.378 e. The summed E-state index contributed by atoms with van der Waals surface area (Å²) in [7, 11) is 0. The van der Waals surface area contributed by atoms with Crippen LogP contribution in [0.3, 0.4) is 0 Å². The summed E-state index contributed by atoms with van der Waals surface area (Å²) in [5.41, 5.74) is 4.80. The van der Waals surface area contributed by atoms with E-state index in [-0.39, 0.29) is 11.7 Å². The van der Waals surface area contributed by atoms with Crippen LogP contribution in [0, 0.1) is 24.0 Å². The van der Waals surface area contributed by atoms with E-state index in [0.717, 1.165) is 0 Å². The Morgan fingerprint density at radius 2 is 1.90 bits per heavy atom. The topological polar surface area (TPSA) is 93.2 Å². The van der Waals surface area contributed by atoms with Gasteiger partial charge in [-0.3, -0.25) is 16.0 Å². The van der Waals surface area contributed by atoms with Crippen LogP contribution >= 0.6 is 11.3 Å². The third kappa shape index (κ3) is 3.50. The standard InChI is InChI=1S/C14H18N4O2S/c1-8-4-14(10(3)21-8)9(2)16-11-5-12(17-15)7-13(6-11)18(19)20/h4-7,9,16-17H,15H2,1-3H3. The molecule has 112 valence electrons. The van der Waals surface area contributed by atoms with Crippen molar-refractivity contribution in [2.45, 2.75) is 26.8 Å². The van der Waals surface area contributed by atoms with Gasteiger partial charge < -0.3 is 10.7 Å². The molecule has 1 unspecified atom stereocenters. The molecule has 2 rings (SSSR count). The van der Waals surface area contributed by atoms with Crippen LogP contribution in [0.4, 0.5) is 17.1 Å². The van der Waals surface area contributed by atoms with Gasteiger partial charge in [0.2, 0.25) is 0 Å². The second-order valence-corrected chi connectivity index (χ2v) is 6.37. The summed E-state index contributed by atoms with van der Waals surface area (Å²) < 4.78 is 0. The minimum Gasteiger partial charge on any atom is -0.378 e. The molecule has 0 fully saturated rings. The van der Waals surface area contributed by atoms with Gasteiger partial charge in [-0.25, -0.2) is 0 Å². The number of nitro benzene ring substituents is 1. The highest BCUT2D eigenvalue weighted by Gasteiger charge is 2.14. The summed E-state index contributed by atoms with van der Waals surface area (Å²) in [5, 5.41) is 14.2. The van der Waals surface area contributed by atoms with Crippen LogP contribution in [0.15, 0.2) is 24.3 Å². The van der Waals surface area contributed by atoms with E-state index in [1.54, 1.807) is 17.4 Å². The first-order valence-electron chi connectivity index (χ1n) is 6.50. The Hall–Kier alpha value is -2.12. The van der Waals surface area contributed by atoms with E-state index in [0.29, 0.717) is 11.4 Å².